The van der Waals surface area contributed by atoms with Crippen LogP contribution in [-0.2, 0) is 4.74 Å². The lowest BCUT2D eigenvalue weighted by atomic mass is 9.74. The smallest absolute Gasteiger partial charge is 0.252 e. The molecule has 2 fully saturated rings. The van der Waals surface area contributed by atoms with Crippen molar-refractivity contribution in [3.8, 4) is 5.75 Å². The minimum absolute atomic E-state index is 0.000649. The van der Waals surface area contributed by atoms with Crippen molar-refractivity contribution in [3.05, 3.63) is 23.8 Å². The Morgan fingerprint density at radius 3 is 2.85 bits per heavy atom. The van der Waals surface area contributed by atoms with Gasteiger partial charge >= 0.3 is 0 Å². The lowest BCUT2D eigenvalue weighted by Gasteiger charge is -2.47. The van der Waals surface area contributed by atoms with Crippen molar-refractivity contribution in [1.29, 1.82) is 0 Å². The number of hydrogen-bond donors (Lipinski definition) is 2. The zero-order valence-electron chi connectivity index (χ0n) is 11.4. The molecule has 0 bridgehead atoms. The second-order valence-corrected chi connectivity index (χ2v) is 5.71. The average Bonchev–Trinajstić information content (AvgIpc) is 2.39. The highest BCUT2D eigenvalue weighted by Crippen LogP contribution is 2.43. The molecule has 1 aromatic carbocycles. The number of ether oxygens (including phenoxy) is 2. The van der Waals surface area contributed by atoms with Gasteiger partial charge in [0.15, 0.2) is 5.75 Å². The molecule has 1 atom stereocenters. The standard InChI is InChI=1S/C15H20N2O3/c16-12-4-1-3-11(14(17)18)13(12)20-10-5-8-19-15(9-10)6-2-7-15/h1,3-4,10H,2,5-9,16H2,(H2,17,18). The number of carbonyl (C=O) groups excluding carboxylic acids is 1. The highest BCUT2D eigenvalue weighted by molar-refractivity contribution is 5.97. The number of nitrogen functional groups attached to an aromatic ring is 1. The van der Waals surface area contributed by atoms with Crippen molar-refractivity contribution in [1.82, 2.24) is 0 Å². The van der Waals surface area contributed by atoms with Crippen molar-refractivity contribution < 1.29 is 14.3 Å². The van der Waals surface area contributed by atoms with Gasteiger partial charge in [0, 0.05) is 12.8 Å². The third kappa shape index (κ3) is 2.33. The lowest BCUT2D eigenvalue weighted by molar-refractivity contribution is -0.153. The molecule has 1 aliphatic heterocycles. The molecule has 20 heavy (non-hydrogen) atoms. The Labute approximate surface area is 118 Å². The number of para-hydroxylation sites is 1. The van der Waals surface area contributed by atoms with E-state index in [1.165, 1.54) is 6.42 Å². The summed E-state index contributed by atoms with van der Waals surface area (Å²) in [6.45, 7) is 0.698. The molecule has 1 aliphatic carbocycles. The van der Waals surface area contributed by atoms with Crippen LogP contribution in [0.5, 0.6) is 5.75 Å². The second kappa shape index (κ2) is 4.98. The van der Waals surface area contributed by atoms with E-state index in [1.807, 2.05) is 0 Å². The summed E-state index contributed by atoms with van der Waals surface area (Å²) in [7, 11) is 0. The van der Waals surface area contributed by atoms with Crippen LogP contribution >= 0.6 is 0 Å². The van der Waals surface area contributed by atoms with Gasteiger partial charge in [0.05, 0.1) is 23.5 Å². The molecule has 1 unspecified atom stereocenters. The van der Waals surface area contributed by atoms with Crippen molar-refractivity contribution in [2.75, 3.05) is 12.3 Å². The molecule has 1 saturated carbocycles. The topological polar surface area (TPSA) is 87.6 Å². The van der Waals surface area contributed by atoms with Gasteiger partial charge in [-0.2, -0.15) is 0 Å². The summed E-state index contributed by atoms with van der Waals surface area (Å²) in [6.07, 6.45) is 5.12. The van der Waals surface area contributed by atoms with Crippen molar-refractivity contribution in [2.24, 2.45) is 5.73 Å². The van der Waals surface area contributed by atoms with Gasteiger partial charge in [-0.1, -0.05) is 6.07 Å². The predicted molar refractivity (Wildman–Crippen MR) is 75.6 cm³/mol. The van der Waals surface area contributed by atoms with Crippen LogP contribution in [0.4, 0.5) is 5.69 Å². The molecule has 1 aromatic rings. The summed E-state index contributed by atoms with van der Waals surface area (Å²) in [4.78, 5) is 11.5. The number of nitrogens with two attached hydrogens (primary N) is 2. The first-order valence-electron chi connectivity index (χ1n) is 7.09. The monoisotopic (exact) mass is 276 g/mol. The van der Waals surface area contributed by atoms with Crippen molar-refractivity contribution in [3.63, 3.8) is 0 Å². The summed E-state index contributed by atoms with van der Waals surface area (Å²) < 4.78 is 11.9. The maximum Gasteiger partial charge on any atom is 0.252 e. The molecule has 0 radical (unpaired) electrons. The van der Waals surface area contributed by atoms with Crippen LogP contribution in [0, 0.1) is 0 Å². The first kappa shape index (κ1) is 13.2. The van der Waals surface area contributed by atoms with Gasteiger partial charge in [0.2, 0.25) is 0 Å². The Kier molecular flexibility index (Phi) is 3.30. The number of primary amides is 1. The molecule has 2 aliphatic rings. The number of hydrogen-bond acceptors (Lipinski definition) is 4. The van der Waals surface area contributed by atoms with Gasteiger partial charge in [0.25, 0.3) is 5.91 Å². The van der Waals surface area contributed by atoms with Gasteiger partial charge in [0.1, 0.15) is 6.10 Å². The minimum atomic E-state index is -0.516. The maximum atomic E-state index is 11.5. The van der Waals surface area contributed by atoms with Crippen LogP contribution in [0.25, 0.3) is 0 Å². The summed E-state index contributed by atoms with van der Waals surface area (Å²) in [6, 6.07) is 5.08. The highest BCUT2D eigenvalue weighted by atomic mass is 16.5. The zero-order valence-corrected chi connectivity index (χ0v) is 11.4. The molecule has 0 aromatic heterocycles. The number of benzene rings is 1. The summed E-state index contributed by atoms with van der Waals surface area (Å²) in [5, 5.41) is 0. The number of anilines is 1. The fourth-order valence-electron chi connectivity index (χ4n) is 3.05. The SMILES string of the molecule is NC(=O)c1cccc(N)c1OC1CCOC2(CCC2)C1. The first-order chi connectivity index (χ1) is 9.60. The van der Waals surface area contributed by atoms with E-state index in [-0.39, 0.29) is 11.7 Å². The van der Waals surface area contributed by atoms with E-state index in [2.05, 4.69) is 0 Å². The molecular weight excluding hydrogens is 256 g/mol. The third-order valence-electron chi connectivity index (χ3n) is 4.31. The predicted octanol–water partition coefficient (Wildman–Crippen LogP) is 1.85. The van der Waals surface area contributed by atoms with E-state index < -0.39 is 5.91 Å². The normalized spacial score (nSPS) is 24.1. The van der Waals surface area contributed by atoms with Gasteiger partial charge < -0.3 is 20.9 Å². The third-order valence-corrected chi connectivity index (χ3v) is 4.31. The molecule has 1 heterocycles. The van der Waals surface area contributed by atoms with Crippen LogP contribution in [0.2, 0.25) is 0 Å². The largest absolute Gasteiger partial charge is 0.487 e. The number of carbonyl (C=O) groups is 1. The fourth-order valence-corrected chi connectivity index (χ4v) is 3.05. The summed E-state index contributed by atoms with van der Waals surface area (Å²) in [5.74, 6) is -0.0981. The van der Waals surface area contributed by atoms with Gasteiger partial charge in [-0.3, -0.25) is 4.79 Å². The Morgan fingerprint density at radius 2 is 2.20 bits per heavy atom. The molecule has 5 nitrogen and oxygen atoms in total. The first-order valence-corrected chi connectivity index (χ1v) is 7.09. The number of amides is 1. The molecule has 1 spiro atoms. The van der Waals surface area contributed by atoms with E-state index in [0.717, 1.165) is 25.7 Å². The molecule has 3 rings (SSSR count). The Morgan fingerprint density at radius 1 is 1.40 bits per heavy atom. The van der Waals surface area contributed by atoms with Gasteiger partial charge in [-0.05, 0) is 31.4 Å². The van der Waals surface area contributed by atoms with Gasteiger partial charge in [-0.15, -0.1) is 0 Å². The van der Waals surface area contributed by atoms with E-state index in [4.69, 9.17) is 20.9 Å². The summed E-state index contributed by atoms with van der Waals surface area (Å²) in [5.41, 5.74) is 12.1. The molecular formula is C15H20N2O3. The molecule has 108 valence electrons. The fraction of sp³-hybridized carbons (Fsp3) is 0.533. The average molecular weight is 276 g/mol. The Balaban J connectivity index is 1.79. The number of rotatable bonds is 3. The van der Waals surface area contributed by atoms with Crippen LogP contribution in [0.3, 0.4) is 0 Å². The zero-order chi connectivity index (χ0) is 14.2. The quantitative estimate of drug-likeness (QED) is 0.825. The van der Waals surface area contributed by atoms with E-state index in [9.17, 15) is 4.79 Å². The van der Waals surface area contributed by atoms with Gasteiger partial charge in [-0.25, -0.2) is 0 Å². The van der Waals surface area contributed by atoms with Crippen LogP contribution in [0.1, 0.15) is 42.5 Å². The maximum absolute atomic E-state index is 11.5. The highest BCUT2D eigenvalue weighted by Gasteiger charge is 2.43. The molecule has 1 amide bonds. The van der Waals surface area contributed by atoms with Crippen molar-refractivity contribution in [2.45, 2.75) is 43.8 Å². The van der Waals surface area contributed by atoms with E-state index >= 15 is 0 Å². The minimum Gasteiger partial charge on any atom is -0.487 e. The molecule has 4 N–H and O–H groups in total. The Hall–Kier alpha value is -1.75. The van der Waals surface area contributed by atoms with Crippen molar-refractivity contribution >= 4 is 11.6 Å². The molecule has 1 saturated heterocycles. The lowest BCUT2D eigenvalue weighted by Crippen LogP contribution is -2.48. The van der Waals surface area contributed by atoms with E-state index in [1.54, 1.807) is 18.2 Å². The Bertz CT molecular complexity index is 526. The summed E-state index contributed by atoms with van der Waals surface area (Å²) >= 11 is 0. The van der Waals surface area contributed by atoms with Crippen LogP contribution in [-0.4, -0.2) is 24.2 Å². The van der Waals surface area contributed by atoms with Crippen LogP contribution < -0.4 is 16.2 Å². The van der Waals surface area contributed by atoms with E-state index in [0.29, 0.717) is 23.6 Å². The van der Waals surface area contributed by atoms with Crippen LogP contribution in [0.15, 0.2) is 18.2 Å². The second-order valence-electron chi connectivity index (χ2n) is 5.71. The molecule has 5 heteroatoms.